The number of nitrogens with zero attached hydrogens (tertiary/aromatic N) is 3. The van der Waals surface area contributed by atoms with Gasteiger partial charge in [0.15, 0.2) is 0 Å². The van der Waals surface area contributed by atoms with Crippen LogP contribution in [0.15, 0.2) is 47.3 Å². The Morgan fingerprint density at radius 2 is 2.04 bits per heavy atom. The summed E-state index contributed by atoms with van der Waals surface area (Å²) < 4.78 is 1.25. The second-order valence-electron chi connectivity index (χ2n) is 6.06. The Hall–Kier alpha value is -2.47. The van der Waals surface area contributed by atoms with Crippen LogP contribution in [-0.4, -0.2) is 46.8 Å². The second kappa shape index (κ2) is 7.40. The molecule has 0 spiro atoms. The first-order chi connectivity index (χ1) is 11.7. The Kier molecular flexibility index (Phi) is 5.05. The summed E-state index contributed by atoms with van der Waals surface area (Å²) in [5, 5.41) is 7.14. The van der Waals surface area contributed by atoms with Gasteiger partial charge in [-0.05, 0) is 43.6 Å². The van der Waals surface area contributed by atoms with Crippen LogP contribution in [0.25, 0.3) is 5.69 Å². The lowest BCUT2D eigenvalue weighted by Crippen LogP contribution is -2.33. The summed E-state index contributed by atoms with van der Waals surface area (Å²) in [6.45, 7) is 5.95. The maximum atomic E-state index is 12.3. The molecule has 1 saturated heterocycles. The van der Waals surface area contributed by atoms with Crippen molar-refractivity contribution in [2.45, 2.75) is 13.3 Å². The maximum Gasteiger partial charge on any atom is 0.271 e. The zero-order valence-electron chi connectivity index (χ0n) is 13.8. The van der Waals surface area contributed by atoms with Gasteiger partial charge in [-0.2, -0.15) is 9.78 Å². The van der Waals surface area contributed by atoms with Crippen LogP contribution in [-0.2, 0) is 0 Å². The monoisotopic (exact) mass is 326 g/mol. The molecule has 1 N–H and O–H groups in total. The molecule has 126 valence electrons. The number of carbonyl (C=O) groups excluding carboxylic acids is 1. The highest BCUT2D eigenvalue weighted by Crippen LogP contribution is 2.14. The standard InChI is InChI=1S/C18H22N4O2/c1-2-21-11-10-14(13-21)12-19-18(24)16-8-9-17(23)22(20-16)15-6-4-3-5-7-15/h3-9,14H,2,10-13H2,1H3,(H,19,24). The molecule has 0 saturated carbocycles. The zero-order chi connectivity index (χ0) is 16.9. The van der Waals surface area contributed by atoms with Crippen LogP contribution in [0.2, 0.25) is 0 Å². The van der Waals surface area contributed by atoms with E-state index >= 15 is 0 Å². The normalized spacial score (nSPS) is 17.8. The van der Waals surface area contributed by atoms with Gasteiger partial charge in [0.1, 0.15) is 5.69 Å². The minimum absolute atomic E-state index is 0.241. The highest BCUT2D eigenvalue weighted by Gasteiger charge is 2.22. The van der Waals surface area contributed by atoms with E-state index in [1.54, 1.807) is 12.1 Å². The molecule has 1 aliphatic heterocycles. The van der Waals surface area contributed by atoms with Crippen LogP contribution in [0.4, 0.5) is 0 Å². The summed E-state index contributed by atoms with van der Waals surface area (Å²) in [6, 6.07) is 12.0. The molecule has 24 heavy (non-hydrogen) atoms. The number of nitrogens with one attached hydrogen (secondary N) is 1. The Morgan fingerprint density at radius 3 is 2.75 bits per heavy atom. The molecule has 1 fully saturated rings. The summed E-state index contributed by atoms with van der Waals surface area (Å²) >= 11 is 0. The van der Waals surface area contributed by atoms with Crippen molar-refractivity contribution < 1.29 is 4.79 Å². The third-order valence-corrected chi connectivity index (χ3v) is 4.40. The van der Waals surface area contributed by atoms with Gasteiger partial charge in [0.2, 0.25) is 0 Å². The van der Waals surface area contributed by atoms with Gasteiger partial charge in [-0.1, -0.05) is 25.1 Å². The van der Waals surface area contributed by atoms with Crippen molar-refractivity contribution in [1.29, 1.82) is 0 Å². The molecule has 1 amide bonds. The third-order valence-electron chi connectivity index (χ3n) is 4.40. The van der Waals surface area contributed by atoms with Crippen LogP contribution in [0.3, 0.4) is 0 Å². The number of likely N-dealkylation sites (tertiary alicyclic amines) is 1. The summed E-state index contributed by atoms with van der Waals surface area (Å²) in [6.07, 6.45) is 1.10. The van der Waals surface area contributed by atoms with Gasteiger partial charge in [-0.15, -0.1) is 0 Å². The molecule has 6 nitrogen and oxygen atoms in total. The highest BCUT2D eigenvalue weighted by atomic mass is 16.2. The minimum Gasteiger partial charge on any atom is -0.350 e. The predicted octanol–water partition coefficient (Wildman–Crippen LogP) is 1.30. The molecule has 6 heteroatoms. The van der Waals surface area contributed by atoms with E-state index in [-0.39, 0.29) is 17.2 Å². The summed E-state index contributed by atoms with van der Waals surface area (Å²) in [4.78, 5) is 26.7. The molecule has 1 atom stereocenters. The topological polar surface area (TPSA) is 67.2 Å². The fourth-order valence-electron chi connectivity index (χ4n) is 2.98. The average molecular weight is 326 g/mol. The van der Waals surface area contributed by atoms with Crippen molar-refractivity contribution in [3.8, 4) is 5.69 Å². The molecule has 2 heterocycles. The number of benzene rings is 1. The molecular formula is C18H22N4O2. The van der Waals surface area contributed by atoms with E-state index < -0.39 is 0 Å². The molecule has 1 unspecified atom stereocenters. The number of para-hydroxylation sites is 1. The first kappa shape index (κ1) is 16.4. The van der Waals surface area contributed by atoms with E-state index in [1.165, 1.54) is 16.8 Å². The SMILES string of the molecule is CCN1CCC(CNC(=O)c2ccc(=O)n(-c3ccccc3)n2)C1. The van der Waals surface area contributed by atoms with Crippen LogP contribution in [0, 0.1) is 5.92 Å². The Labute approximate surface area is 141 Å². The van der Waals surface area contributed by atoms with Crippen molar-refractivity contribution in [2.24, 2.45) is 5.92 Å². The van der Waals surface area contributed by atoms with Gasteiger partial charge in [-0.3, -0.25) is 9.59 Å². The molecule has 0 bridgehead atoms. The van der Waals surface area contributed by atoms with Crippen LogP contribution in [0.1, 0.15) is 23.8 Å². The second-order valence-corrected chi connectivity index (χ2v) is 6.06. The average Bonchev–Trinajstić information content (AvgIpc) is 3.09. The Bertz CT molecular complexity index is 757. The maximum absolute atomic E-state index is 12.3. The van der Waals surface area contributed by atoms with E-state index in [0.717, 1.165) is 26.1 Å². The predicted molar refractivity (Wildman–Crippen MR) is 92.4 cm³/mol. The third kappa shape index (κ3) is 3.71. The van der Waals surface area contributed by atoms with Crippen molar-refractivity contribution in [3.05, 3.63) is 58.5 Å². The lowest BCUT2D eigenvalue weighted by molar-refractivity contribution is 0.0940. The van der Waals surface area contributed by atoms with Crippen molar-refractivity contribution in [2.75, 3.05) is 26.2 Å². The van der Waals surface area contributed by atoms with Crippen LogP contribution >= 0.6 is 0 Å². The minimum atomic E-state index is -0.257. The molecule has 0 aliphatic carbocycles. The van der Waals surface area contributed by atoms with Gasteiger partial charge in [0.05, 0.1) is 5.69 Å². The molecule has 1 aromatic carbocycles. The van der Waals surface area contributed by atoms with Crippen LogP contribution < -0.4 is 10.9 Å². The van der Waals surface area contributed by atoms with Gasteiger partial charge >= 0.3 is 0 Å². The molecule has 2 aromatic rings. The largest absolute Gasteiger partial charge is 0.350 e. The van der Waals surface area contributed by atoms with Gasteiger partial charge < -0.3 is 10.2 Å². The van der Waals surface area contributed by atoms with E-state index in [9.17, 15) is 9.59 Å². The van der Waals surface area contributed by atoms with E-state index in [4.69, 9.17) is 0 Å². The van der Waals surface area contributed by atoms with E-state index in [2.05, 4.69) is 22.2 Å². The van der Waals surface area contributed by atoms with Crippen molar-refractivity contribution in [1.82, 2.24) is 20.0 Å². The molecule has 3 rings (SSSR count). The lowest BCUT2D eigenvalue weighted by atomic mass is 10.1. The number of carbonyl (C=O) groups is 1. The summed E-state index contributed by atoms with van der Waals surface area (Å²) in [5.74, 6) is 0.239. The number of hydrogen-bond donors (Lipinski definition) is 1. The van der Waals surface area contributed by atoms with E-state index in [1.807, 2.05) is 18.2 Å². The quantitative estimate of drug-likeness (QED) is 0.899. The number of amides is 1. The number of rotatable bonds is 5. The molecule has 0 radical (unpaired) electrons. The molecule has 1 aliphatic rings. The Morgan fingerprint density at radius 1 is 1.25 bits per heavy atom. The van der Waals surface area contributed by atoms with E-state index in [0.29, 0.717) is 18.2 Å². The first-order valence-corrected chi connectivity index (χ1v) is 8.33. The van der Waals surface area contributed by atoms with Gasteiger partial charge in [-0.25, -0.2) is 0 Å². The number of hydrogen-bond acceptors (Lipinski definition) is 4. The summed E-state index contributed by atoms with van der Waals surface area (Å²) in [5.41, 5.74) is 0.641. The van der Waals surface area contributed by atoms with Crippen molar-refractivity contribution >= 4 is 5.91 Å². The van der Waals surface area contributed by atoms with Gasteiger partial charge in [0, 0.05) is 19.2 Å². The van der Waals surface area contributed by atoms with Gasteiger partial charge in [0.25, 0.3) is 11.5 Å². The highest BCUT2D eigenvalue weighted by molar-refractivity contribution is 5.92. The first-order valence-electron chi connectivity index (χ1n) is 8.33. The molecular weight excluding hydrogens is 304 g/mol. The zero-order valence-corrected chi connectivity index (χ0v) is 13.8. The smallest absolute Gasteiger partial charge is 0.271 e. The summed E-state index contributed by atoms with van der Waals surface area (Å²) in [7, 11) is 0. The number of aromatic nitrogens is 2. The van der Waals surface area contributed by atoms with Crippen molar-refractivity contribution in [3.63, 3.8) is 0 Å². The lowest BCUT2D eigenvalue weighted by Gasteiger charge is -2.13. The Balaban J connectivity index is 1.68. The fraction of sp³-hybridized carbons (Fsp3) is 0.389. The molecule has 1 aromatic heterocycles. The van der Waals surface area contributed by atoms with Crippen LogP contribution in [0.5, 0.6) is 0 Å². The fourth-order valence-corrected chi connectivity index (χ4v) is 2.98.